The van der Waals surface area contributed by atoms with Crippen molar-refractivity contribution in [2.24, 2.45) is 5.10 Å². The summed E-state index contributed by atoms with van der Waals surface area (Å²) in [5, 5.41) is 6.82. The number of para-hydroxylation sites is 1. The van der Waals surface area contributed by atoms with Gasteiger partial charge < -0.3 is 5.32 Å². The second-order valence-electron chi connectivity index (χ2n) is 4.73. The van der Waals surface area contributed by atoms with Crippen molar-refractivity contribution >= 4 is 29.2 Å². The normalized spacial score (nSPS) is 15.2. The lowest BCUT2D eigenvalue weighted by atomic mass is 10.1. The number of amides is 2. The highest BCUT2D eigenvalue weighted by Gasteiger charge is 2.17. The number of hydrogen-bond acceptors (Lipinski definition) is 3. The summed E-state index contributed by atoms with van der Waals surface area (Å²) in [7, 11) is 0. The molecular formula is C16H14FN3OS. The Balaban J connectivity index is 1.71. The number of benzene rings is 2. The molecule has 1 aliphatic rings. The van der Waals surface area contributed by atoms with Crippen molar-refractivity contribution in [2.45, 2.75) is 11.3 Å². The average molecular weight is 315 g/mol. The molecule has 0 saturated heterocycles. The molecule has 112 valence electrons. The number of nitrogens with one attached hydrogen (secondary N) is 2. The molecule has 0 radical (unpaired) electrons. The summed E-state index contributed by atoms with van der Waals surface area (Å²) in [5.74, 6) is 0.557. The van der Waals surface area contributed by atoms with E-state index in [0.717, 1.165) is 16.2 Å². The van der Waals surface area contributed by atoms with Crippen molar-refractivity contribution in [3.05, 3.63) is 59.9 Å². The summed E-state index contributed by atoms with van der Waals surface area (Å²) in [6, 6.07) is 13.3. The molecular weight excluding hydrogens is 301 g/mol. The third-order valence-electron chi connectivity index (χ3n) is 3.17. The van der Waals surface area contributed by atoms with Gasteiger partial charge in [-0.1, -0.05) is 18.2 Å². The van der Waals surface area contributed by atoms with Crippen LogP contribution in [0.25, 0.3) is 0 Å². The average Bonchev–Trinajstić information content (AvgIpc) is 2.54. The van der Waals surface area contributed by atoms with Crippen LogP contribution in [0.3, 0.4) is 0 Å². The lowest BCUT2D eigenvalue weighted by Gasteiger charge is -2.17. The van der Waals surface area contributed by atoms with Crippen molar-refractivity contribution in [1.82, 2.24) is 5.43 Å². The summed E-state index contributed by atoms with van der Waals surface area (Å²) >= 11 is 1.66. The molecule has 0 aromatic heterocycles. The van der Waals surface area contributed by atoms with Crippen LogP contribution in [0.2, 0.25) is 0 Å². The van der Waals surface area contributed by atoms with Crippen molar-refractivity contribution in [3.8, 4) is 0 Å². The van der Waals surface area contributed by atoms with Gasteiger partial charge in [0, 0.05) is 28.3 Å². The minimum Gasteiger partial charge on any atom is -0.307 e. The Kier molecular flexibility index (Phi) is 4.39. The maximum atomic E-state index is 13.4. The number of fused-ring (bicyclic) bond motifs is 1. The van der Waals surface area contributed by atoms with Gasteiger partial charge in [-0.2, -0.15) is 5.10 Å². The van der Waals surface area contributed by atoms with Crippen LogP contribution in [0.1, 0.15) is 12.0 Å². The molecule has 4 nitrogen and oxygen atoms in total. The smallest absolute Gasteiger partial charge is 0.307 e. The minimum absolute atomic E-state index is 0.303. The van der Waals surface area contributed by atoms with Gasteiger partial charge in [-0.05, 0) is 30.3 Å². The third kappa shape index (κ3) is 3.46. The fourth-order valence-corrected chi connectivity index (χ4v) is 3.17. The Hall–Kier alpha value is -2.34. The van der Waals surface area contributed by atoms with Gasteiger partial charge in [-0.3, -0.25) is 0 Å². The molecule has 6 heteroatoms. The van der Waals surface area contributed by atoms with Crippen LogP contribution in [-0.2, 0) is 0 Å². The topological polar surface area (TPSA) is 53.5 Å². The van der Waals surface area contributed by atoms with E-state index in [9.17, 15) is 9.18 Å². The molecule has 2 N–H and O–H groups in total. The molecule has 0 saturated carbocycles. The zero-order chi connectivity index (χ0) is 15.4. The van der Waals surface area contributed by atoms with E-state index in [-0.39, 0.29) is 5.82 Å². The van der Waals surface area contributed by atoms with E-state index in [2.05, 4.69) is 15.8 Å². The number of urea groups is 1. The number of thioether (sulfide) groups is 1. The van der Waals surface area contributed by atoms with Gasteiger partial charge in [0.25, 0.3) is 0 Å². The van der Waals surface area contributed by atoms with E-state index in [0.29, 0.717) is 17.8 Å². The molecule has 0 atom stereocenters. The molecule has 0 spiro atoms. The molecule has 1 heterocycles. The fourth-order valence-electron chi connectivity index (χ4n) is 2.16. The van der Waals surface area contributed by atoms with Crippen LogP contribution in [-0.4, -0.2) is 17.5 Å². The molecule has 0 fully saturated rings. The van der Waals surface area contributed by atoms with Crippen LogP contribution in [0.15, 0.2) is 58.5 Å². The number of nitrogens with zero attached hydrogens (tertiary/aromatic N) is 1. The number of rotatable bonds is 2. The summed E-state index contributed by atoms with van der Waals surface area (Å²) in [4.78, 5) is 12.8. The van der Waals surface area contributed by atoms with Crippen LogP contribution in [0.5, 0.6) is 0 Å². The lowest BCUT2D eigenvalue weighted by molar-refractivity contribution is 0.252. The lowest BCUT2D eigenvalue weighted by Crippen LogP contribution is -2.26. The van der Waals surface area contributed by atoms with E-state index < -0.39 is 6.03 Å². The van der Waals surface area contributed by atoms with Crippen molar-refractivity contribution < 1.29 is 9.18 Å². The zero-order valence-corrected chi connectivity index (χ0v) is 12.5. The number of carbonyl (C=O) groups excluding carboxylic acids is 1. The Morgan fingerprint density at radius 2 is 2.00 bits per heavy atom. The maximum Gasteiger partial charge on any atom is 0.339 e. The molecule has 2 amide bonds. The minimum atomic E-state index is -0.421. The van der Waals surface area contributed by atoms with Crippen LogP contribution < -0.4 is 10.7 Å². The van der Waals surface area contributed by atoms with E-state index in [1.165, 1.54) is 12.1 Å². The van der Waals surface area contributed by atoms with E-state index in [1.807, 2.05) is 18.2 Å². The number of hydrogen-bond donors (Lipinski definition) is 2. The third-order valence-corrected chi connectivity index (χ3v) is 4.25. The first kappa shape index (κ1) is 14.6. The van der Waals surface area contributed by atoms with Gasteiger partial charge in [-0.15, -0.1) is 11.8 Å². The number of carbonyl (C=O) groups is 1. The van der Waals surface area contributed by atoms with E-state index >= 15 is 0 Å². The molecule has 22 heavy (non-hydrogen) atoms. The first-order chi connectivity index (χ1) is 10.7. The van der Waals surface area contributed by atoms with Crippen molar-refractivity contribution in [3.63, 3.8) is 0 Å². The Morgan fingerprint density at radius 3 is 2.82 bits per heavy atom. The maximum absolute atomic E-state index is 13.4. The van der Waals surface area contributed by atoms with Gasteiger partial charge in [0.1, 0.15) is 5.82 Å². The predicted octanol–water partition coefficient (Wildman–Crippen LogP) is 3.85. The fraction of sp³-hybridized carbons (Fsp3) is 0.125. The Bertz CT molecular complexity index is 719. The molecule has 2 aromatic rings. The van der Waals surface area contributed by atoms with Crippen molar-refractivity contribution in [1.29, 1.82) is 0 Å². The van der Waals surface area contributed by atoms with Crippen LogP contribution >= 0.6 is 11.8 Å². The van der Waals surface area contributed by atoms with Gasteiger partial charge >= 0.3 is 6.03 Å². The van der Waals surface area contributed by atoms with E-state index in [4.69, 9.17) is 0 Å². The monoisotopic (exact) mass is 315 g/mol. The van der Waals surface area contributed by atoms with Gasteiger partial charge in [-0.25, -0.2) is 14.6 Å². The Labute approximate surface area is 131 Å². The van der Waals surface area contributed by atoms with Gasteiger partial charge in [0.05, 0.1) is 5.71 Å². The highest BCUT2D eigenvalue weighted by Crippen LogP contribution is 2.30. The molecule has 0 bridgehead atoms. The SMILES string of the molecule is O=C(N/N=C1/CCSc2ccc(F)cc21)Nc1ccccc1. The number of halogens is 1. The second kappa shape index (κ2) is 6.62. The van der Waals surface area contributed by atoms with Crippen molar-refractivity contribution in [2.75, 3.05) is 11.1 Å². The second-order valence-corrected chi connectivity index (χ2v) is 5.87. The van der Waals surface area contributed by atoms with E-state index in [1.54, 1.807) is 30.0 Å². The summed E-state index contributed by atoms with van der Waals surface area (Å²) in [6.07, 6.45) is 0.687. The van der Waals surface area contributed by atoms with Gasteiger partial charge in [0.15, 0.2) is 0 Å². The highest BCUT2D eigenvalue weighted by molar-refractivity contribution is 7.99. The molecule has 0 aliphatic carbocycles. The molecule has 3 rings (SSSR count). The number of hydrazone groups is 1. The number of anilines is 1. The van der Waals surface area contributed by atoms with Crippen LogP contribution in [0, 0.1) is 5.82 Å². The predicted molar refractivity (Wildman–Crippen MR) is 86.9 cm³/mol. The summed E-state index contributed by atoms with van der Waals surface area (Å²) in [6.45, 7) is 0. The molecule has 2 aromatic carbocycles. The molecule has 0 unspecified atom stereocenters. The first-order valence-corrected chi connectivity index (χ1v) is 7.82. The summed E-state index contributed by atoms with van der Waals surface area (Å²) < 4.78 is 13.4. The van der Waals surface area contributed by atoms with Gasteiger partial charge in [0.2, 0.25) is 0 Å². The molecule has 1 aliphatic heterocycles. The highest BCUT2D eigenvalue weighted by atomic mass is 32.2. The quantitative estimate of drug-likeness (QED) is 0.827. The largest absolute Gasteiger partial charge is 0.339 e. The zero-order valence-electron chi connectivity index (χ0n) is 11.7. The van der Waals surface area contributed by atoms with Crippen LogP contribution in [0.4, 0.5) is 14.9 Å². The standard InChI is InChI=1S/C16H14FN3OS/c17-11-6-7-15-13(10-11)14(8-9-22-15)19-20-16(21)18-12-4-2-1-3-5-12/h1-7,10H,8-9H2,(H2,18,20,21)/b19-14-. The first-order valence-electron chi connectivity index (χ1n) is 6.84. The summed E-state index contributed by atoms with van der Waals surface area (Å²) in [5.41, 5.74) is 4.59. The Morgan fingerprint density at radius 1 is 1.18 bits per heavy atom.